The van der Waals surface area contributed by atoms with Crippen LogP contribution < -0.4 is 0 Å². The fraction of sp³-hybridized carbons (Fsp3) is 0.375. The zero-order chi connectivity index (χ0) is 14.5. The average Bonchev–Trinajstić information content (AvgIpc) is 2.89. The van der Waals surface area contributed by atoms with Crippen LogP contribution in [-0.2, 0) is 11.2 Å². The van der Waals surface area contributed by atoms with Gasteiger partial charge >= 0.3 is 5.97 Å². The van der Waals surface area contributed by atoms with E-state index in [9.17, 15) is 4.79 Å². The van der Waals surface area contributed by atoms with Crippen LogP contribution in [0.3, 0.4) is 0 Å². The SMILES string of the molecule is CCOC(=O)c1cc(-c2ccc(CC(C)C)cc2)on1. The van der Waals surface area contributed by atoms with E-state index < -0.39 is 5.97 Å². The van der Waals surface area contributed by atoms with Crippen molar-refractivity contribution in [2.24, 2.45) is 5.92 Å². The molecule has 0 aliphatic heterocycles. The molecule has 0 saturated carbocycles. The summed E-state index contributed by atoms with van der Waals surface area (Å²) in [6, 6.07) is 9.71. The molecule has 4 heteroatoms. The average molecular weight is 273 g/mol. The summed E-state index contributed by atoms with van der Waals surface area (Å²) in [7, 11) is 0. The lowest BCUT2D eigenvalue weighted by Crippen LogP contribution is -2.04. The van der Waals surface area contributed by atoms with Crippen molar-refractivity contribution in [2.75, 3.05) is 6.61 Å². The Balaban J connectivity index is 2.14. The van der Waals surface area contributed by atoms with E-state index in [4.69, 9.17) is 9.26 Å². The van der Waals surface area contributed by atoms with E-state index in [0.29, 0.717) is 18.3 Å². The topological polar surface area (TPSA) is 52.3 Å². The lowest BCUT2D eigenvalue weighted by molar-refractivity contribution is 0.0514. The van der Waals surface area contributed by atoms with Crippen molar-refractivity contribution in [3.63, 3.8) is 0 Å². The number of rotatable bonds is 5. The molecule has 20 heavy (non-hydrogen) atoms. The van der Waals surface area contributed by atoms with Crippen molar-refractivity contribution < 1.29 is 14.1 Å². The molecular formula is C16H19NO3. The summed E-state index contributed by atoms with van der Waals surface area (Å²) in [4.78, 5) is 11.5. The maximum Gasteiger partial charge on any atom is 0.360 e. The predicted molar refractivity (Wildman–Crippen MR) is 76.4 cm³/mol. The monoisotopic (exact) mass is 273 g/mol. The fourth-order valence-corrected chi connectivity index (χ4v) is 1.99. The third kappa shape index (κ3) is 3.47. The summed E-state index contributed by atoms with van der Waals surface area (Å²) in [6.07, 6.45) is 1.05. The summed E-state index contributed by atoms with van der Waals surface area (Å²) in [5.74, 6) is 0.740. The Morgan fingerprint density at radius 2 is 2.00 bits per heavy atom. The number of carbonyl (C=O) groups excluding carboxylic acids is 1. The van der Waals surface area contributed by atoms with Crippen molar-refractivity contribution in [1.29, 1.82) is 0 Å². The Bertz CT molecular complexity index is 570. The van der Waals surface area contributed by atoms with Crippen molar-refractivity contribution in [3.8, 4) is 11.3 Å². The summed E-state index contributed by atoms with van der Waals surface area (Å²) < 4.78 is 10.1. The normalized spacial score (nSPS) is 10.8. The van der Waals surface area contributed by atoms with Crippen molar-refractivity contribution >= 4 is 5.97 Å². The number of benzene rings is 1. The van der Waals surface area contributed by atoms with Crippen molar-refractivity contribution in [3.05, 3.63) is 41.6 Å². The van der Waals surface area contributed by atoms with E-state index in [0.717, 1.165) is 12.0 Å². The first-order chi connectivity index (χ1) is 9.60. The van der Waals surface area contributed by atoms with Gasteiger partial charge in [-0.2, -0.15) is 0 Å². The number of nitrogens with zero attached hydrogens (tertiary/aromatic N) is 1. The van der Waals surface area contributed by atoms with Crippen LogP contribution in [0.2, 0.25) is 0 Å². The molecule has 0 fully saturated rings. The van der Waals surface area contributed by atoms with Gasteiger partial charge in [0.25, 0.3) is 0 Å². The lowest BCUT2D eigenvalue weighted by atomic mass is 10.0. The Morgan fingerprint density at radius 3 is 2.60 bits per heavy atom. The van der Waals surface area contributed by atoms with Gasteiger partial charge in [-0.1, -0.05) is 43.3 Å². The molecule has 106 valence electrons. The second-order valence-electron chi connectivity index (χ2n) is 5.09. The molecule has 0 bridgehead atoms. The first kappa shape index (κ1) is 14.3. The van der Waals surface area contributed by atoms with Gasteiger partial charge in [-0.25, -0.2) is 4.79 Å². The smallest absolute Gasteiger partial charge is 0.360 e. The van der Waals surface area contributed by atoms with Gasteiger partial charge in [0.2, 0.25) is 0 Å². The molecule has 0 amide bonds. The summed E-state index contributed by atoms with van der Waals surface area (Å²) in [5.41, 5.74) is 2.39. The maximum absolute atomic E-state index is 11.5. The summed E-state index contributed by atoms with van der Waals surface area (Å²) in [5, 5.41) is 3.73. The molecule has 0 aliphatic carbocycles. The van der Waals surface area contributed by atoms with Crippen LogP contribution in [0.4, 0.5) is 0 Å². The molecule has 0 radical (unpaired) electrons. The number of hydrogen-bond donors (Lipinski definition) is 0. The van der Waals surface area contributed by atoms with Crippen molar-refractivity contribution in [1.82, 2.24) is 5.16 Å². The third-order valence-corrected chi connectivity index (χ3v) is 2.88. The van der Waals surface area contributed by atoms with Gasteiger partial charge in [-0.15, -0.1) is 0 Å². The fourth-order valence-electron chi connectivity index (χ4n) is 1.99. The van der Waals surface area contributed by atoms with Gasteiger partial charge in [-0.3, -0.25) is 0 Å². The first-order valence-electron chi connectivity index (χ1n) is 6.83. The standard InChI is InChI=1S/C16H19NO3/c1-4-19-16(18)14-10-15(20-17-14)13-7-5-12(6-8-13)9-11(2)3/h5-8,10-11H,4,9H2,1-3H3. The lowest BCUT2D eigenvalue weighted by Gasteiger charge is -2.04. The van der Waals surface area contributed by atoms with E-state index in [1.807, 2.05) is 12.1 Å². The molecule has 1 aromatic heterocycles. The van der Waals surface area contributed by atoms with Crippen LogP contribution in [0.1, 0.15) is 36.8 Å². The van der Waals surface area contributed by atoms with Gasteiger partial charge < -0.3 is 9.26 Å². The molecule has 1 heterocycles. The second kappa shape index (κ2) is 6.37. The Kier molecular flexibility index (Phi) is 4.56. The van der Waals surface area contributed by atoms with Gasteiger partial charge in [0.05, 0.1) is 6.61 Å². The van der Waals surface area contributed by atoms with E-state index >= 15 is 0 Å². The molecular weight excluding hydrogens is 254 g/mol. The van der Waals surface area contributed by atoms with Gasteiger partial charge in [0, 0.05) is 11.6 Å². The zero-order valence-electron chi connectivity index (χ0n) is 12.1. The van der Waals surface area contributed by atoms with Gasteiger partial charge in [0.1, 0.15) is 0 Å². The van der Waals surface area contributed by atoms with Crippen LogP contribution in [0.15, 0.2) is 34.9 Å². The van der Waals surface area contributed by atoms with E-state index in [1.54, 1.807) is 13.0 Å². The predicted octanol–water partition coefficient (Wildman–Crippen LogP) is 3.72. The Morgan fingerprint density at radius 1 is 1.30 bits per heavy atom. The molecule has 2 rings (SSSR count). The molecule has 0 atom stereocenters. The van der Waals surface area contributed by atoms with Crippen LogP contribution >= 0.6 is 0 Å². The van der Waals surface area contributed by atoms with Crippen molar-refractivity contribution in [2.45, 2.75) is 27.2 Å². The van der Waals surface area contributed by atoms with E-state index in [-0.39, 0.29) is 5.69 Å². The zero-order valence-corrected chi connectivity index (χ0v) is 12.1. The number of carbonyl (C=O) groups is 1. The highest BCUT2D eigenvalue weighted by atomic mass is 16.5. The third-order valence-electron chi connectivity index (χ3n) is 2.88. The highest BCUT2D eigenvalue weighted by molar-refractivity contribution is 5.88. The number of esters is 1. The van der Waals surface area contributed by atoms with E-state index in [1.165, 1.54) is 5.56 Å². The second-order valence-corrected chi connectivity index (χ2v) is 5.09. The minimum atomic E-state index is -0.459. The number of hydrogen-bond acceptors (Lipinski definition) is 4. The Hall–Kier alpha value is -2.10. The largest absolute Gasteiger partial charge is 0.461 e. The molecule has 0 N–H and O–H groups in total. The molecule has 0 unspecified atom stereocenters. The molecule has 1 aromatic carbocycles. The van der Waals surface area contributed by atoms with Crippen LogP contribution in [0.25, 0.3) is 11.3 Å². The van der Waals surface area contributed by atoms with Crippen LogP contribution in [0, 0.1) is 5.92 Å². The quantitative estimate of drug-likeness (QED) is 0.779. The minimum absolute atomic E-state index is 0.202. The maximum atomic E-state index is 11.5. The van der Waals surface area contributed by atoms with Gasteiger partial charge in [-0.05, 0) is 24.8 Å². The highest BCUT2D eigenvalue weighted by Crippen LogP contribution is 2.22. The molecule has 0 saturated heterocycles. The van der Waals surface area contributed by atoms with Crippen LogP contribution in [-0.4, -0.2) is 17.7 Å². The molecule has 4 nitrogen and oxygen atoms in total. The highest BCUT2D eigenvalue weighted by Gasteiger charge is 2.14. The summed E-state index contributed by atoms with van der Waals surface area (Å²) >= 11 is 0. The van der Waals surface area contributed by atoms with Gasteiger partial charge in [0.15, 0.2) is 11.5 Å². The molecule has 0 aliphatic rings. The first-order valence-corrected chi connectivity index (χ1v) is 6.83. The molecule has 2 aromatic rings. The minimum Gasteiger partial charge on any atom is -0.461 e. The van der Waals surface area contributed by atoms with E-state index in [2.05, 4.69) is 31.1 Å². The summed E-state index contributed by atoms with van der Waals surface area (Å²) in [6.45, 7) is 6.46. The molecule has 0 spiro atoms. The van der Waals surface area contributed by atoms with Crippen LogP contribution in [0.5, 0.6) is 0 Å². The Labute approximate surface area is 118 Å². The number of ether oxygens (including phenoxy) is 1. The number of aromatic nitrogens is 1.